The van der Waals surface area contributed by atoms with Crippen LogP contribution in [0.15, 0.2) is 67.3 Å². The summed E-state index contributed by atoms with van der Waals surface area (Å²) in [5.41, 5.74) is 5.21. The maximum absolute atomic E-state index is 4.39. The van der Waals surface area contributed by atoms with Crippen molar-refractivity contribution in [3.8, 4) is 0 Å². The molecule has 1 aliphatic rings. The average Bonchev–Trinajstić information content (AvgIpc) is 2.57. The fourth-order valence-electron chi connectivity index (χ4n) is 2.96. The van der Waals surface area contributed by atoms with E-state index in [1.807, 2.05) is 6.07 Å². The number of allylic oxidation sites excluding steroid dienone is 1. The first-order chi connectivity index (χ1) is 10.9. The zero-order valence-corrected chi connectivity index (χ0v) is 12.1. The number of rotatable bonds is 4. The molecule has 0 saturated heterocycles. The summed E-state index contributed by atoms with van der Waals surface area (Å²) in [6.45, 7) is 0. The highest BCUT2D eigenvalue weighted by Crippen LogP contribution is 2.42. The van der Waals surface area contributed by atoms with Crippen LogP contribution in [0.2, 0.25) is 0 Å². The van der Waals surface area contributed by atoms with Gasteiger partial charge in [0, 0.05) is 5.92 Å². The standard InChI is InChI=1S/C19H15N3/c1-2-6-14(7-3-1)10-18(19-21-12-20-13-22-19)17-11-15-8-4-5-9-16(15)17/h1-9,11-13,18H,10H2. The number of nitrogens with zero attached hydrogens (tertiary/aromatic N) is 3. The van der Waals surface area contributed by atoms with Crippen LogP contribution in [0, 0.1) is 0 Å². The van der Waals surface area contributed by atoms with Gasteiger partial charge < -0.3 is 0 Å². The Hall–Kier alpha value is -2.81. The number of hydrogen-bond acceptors (Lipinski definition) is 3. The molecule has 0 aliphatic heterocycles. The summed E-state index contributed by atoms with van der Waals surface area (Å²) >= 11 is 0. The van der Waals surface area contributed by atoms with Crippen molar-refractivity contribution in [1.29, 1.82) is 0 Å². The Morgan fingerprint density at radius 2 is 1.55 bits per heavy atom. The Morgan fingerprint density at radius 3 is 2.32 bits per heavy atom. The molecular formula is C19H15N3. The minimum Gasteiger partial charge on any atom is -0.225 e. The lowest BCUT2D eigenvalue weighted by Gasteiger charge is -2.27. The van der Waals surface area contributed by atoms with E-state index in [1.165, 1.54) is 22.3 Å². The first kappa shape index (κ1) is 12.9. The first-order valence-corrected chi connectivity index (χ1v) is 7.38. The van der Waals surface area contributed by atoms with Gasteiger partial charge in [-0.1, -0.05) is 54.6 Å². The third kappa shape index (κ3) is 2.31. The molecule has 4 rings (SSSR count). The Morgan fingerprint density at radius 1 is 0.818 bits per heavy atom. The zero-order valence-electron chi connectivity index (χ0n) is 12.1. The molecule has 3 aromatic rings. The quantitative estimate of drug-likeness (QED) is 0.732. The first-order valence-electron chi connectivity index (χ1n) is 7.38. The fraction of sp³-hybridized carbons (Fsp3) is 0.105. The lowest BCUT2D eigenvalue weighted by Crippen LogP contribution is -2.14. The third-order valence-electron chi connectivity index (χ3n) is 4.07. The third-order valence-corrected chi connectivity index (χ3v) is 4.07. The molecule has 0 spiro atoms. The molecule has 1 aliphatic carbocycles. The number of benzene rings is 2. The lowest BCUT2D eigenvalue weighted by molar-refractivity contribution is 0.761. The van der Waals surface area contributed by atoms with Crippen molar-refractivity contribution in [2.45, 2.75) is 12.3 Å². The van der Waals surface area contributed by atoms with Gasteiger partial charge in [-0.2, -0.15) is 0 Å². The van der Waals surface area contributed by atoms with Crippen LogP contribution in [-0.2, 0) is 6.42 Å². The van der Waals surface area contributed by atoms with E-state index in [9.17, 15) is 0 Å². The summed E-state index contributed by atoms with van der Waals surface area (Å²) in [5, 5.41) is 0. The van der Waals surface area contributed by atoms with Crippen LogP contribution in [0.3, 0.4) is 0 Å². The van der Waals surface area contributed by atoms with E-state index in [4.69, 9.17) is 0 Å². The van der Waals surface area contributed by atoms with Crippen molar-refractivity contribution < 1.29 is 0 Å². The van der Waals surface area contributed by atoms with Gasteiger partial charge in [0.2, 0.25) is 0 Å². The van der Waals surface area contributed by atoms with E-state index in [0.717, 1.165) is 12.2 Å². The molecule has 3 nitrogen and oxygen atoms in total. The van der Waals surface area contributed by atoms with Gasteiger partial charge in [-0.3, -0.25) is 0 Å². The van der Waals surface area contributed by atoms with Gasteiger partial charge in [0.05, 0.1) is 0 Å². The Balaban J connectivity index is 1.71. The van der Waals surface area contributed by atoms with Crippen molar-refractivity contribution in [3.63, 3.8) is 0 Å². The summed E-state index contributed by atoms with van der Waals surface area (Å²) in [4.78, 5) is 12.7. The molecule has 0 amide bonds. The van der Waals surface area contributed by atoms with Crippen molar-refractivity contribution in [2.24, 2.45) is 0 Å². The Bertz CT molecular complexity index is 810. The molecule has 0 fully saturated rings. The molecule has 0 saturated carbocycles. The molecule has 0 bridgehead atoms. The van der Waals surface area contributed by atoms with E-state index in [-0.39, 0.29) is 5.92 Å². The summed E-state index contributed by atoms with van der Waals surface area (Å²) in [6.07, 6.45) is 6.29. The fourth-order valence-corrected chi connectivity index (χ4v) is 2.96. The molecule has 1 aromatic heterocycles. The Labute approximate surface area is 129 Å². The van der Waals surface area contributed by atoms with Crippen molar-refractivity contribution in [1.82, 2.24) is 15.0 Å². The van der Waals surface area contributed by atoms with Crippen LogP contribution in [-0.4, -0.2) is 15.0 Å². The molecule has 1 atom stereocenters. The summed E-state index contributed by atoms with van der Waals surface area (Å²) in [5.74, 6) is 1.000. The summed E-state index contributed by atoms with van der Waals surface area (Å²) in [7, 11) is 0. The van der Waals surface area contributed by atoms with Crippen molar-refractivity contribution in [3.05, 3.63) is 89.8 Å². The monoisotopic (exact) mass is 285 g/mol. The van der Waals surface area contributed by atoms with Gasteiger partial charge in [-0.25, -0.2) is 15.0 Å². The molecule has 22 heavy (non-hydrogen) atoms. The minimum absolute atomic E-state index is 0.167. The number of fused-ring (bicyclic) bond motifs is 1. The van der Waals surface area contributed by atoms with Crippen molar-refractivity contribution in [2.75, 3.05) is 0 Å². The van der Waals surface area contributed by atoms with Crippen LogP contribution < -0.4 is 0 Å². The normalized spacial score (nSPS) is 13.7. The predicted octanol–water partition coefficient (Wildman–Crippen LogP) is 3.75. The molecule has 3 heteroatoms. The van der Waals surface area contributed by atoms with E-state index in [1.54, 1.807) is 12.7 Å². The van der Waals surface area contributed by atoms with Gasteiger partial charge in [0.25, 0.3) is 0 Å². The second kappa shape index (κ2) is 5.53. The van der Waals surface area contributed by atoms with Crippen molar-refractivity contribution >= 4 is 11.6 Å². The smallest absolute Gasteiger partial charge is 0.139 e. The SMILES string of the molecule is C1=C(C(Cc2ccccc2)c2ncncn2)c2ccccc21. The predicted molar refractivity (Wildman–Crippen MR) is 87.0 cm³/mol. The van der Waals surface area contributed by atoms with Gasteiger partial charge in [-0.05, 0) is 34.8 Å². The largest absolute Gasteiger partial charge is 0.225 e. The van der Waals surface area contributed by atoms with Gasteiger partial charge in [-0.15, -0.1) is 0 Å². The molecular weight excluding hydrogens is 270 g/mol. The number of hydrogen-bond donors (Lipinski definition) is 0. The van der Waals surface area contributed by atoms with E-state index in [2.05, 4.69) is 69.6 Å². The van der Waals surface area contributed by atoms with Gasteiger partial charge in [0.1, 0.15) is 18.5 Å². The van der Waals surface area contributed by atoms with Crippen LogP contribution in [0.1, 0.15) is 28.4 Å². The van der Waals surface area contributed by atoms with Crippen LogP contribution >= 0.6 is 0 Å². The highest BCUT2D eigenvalue weighted by molar-refractivity contribution is 5.97. The molecule has 0 N–H and O–H groups in total. The average molecular weight is 285 g/mol. The van der Waals surface area contributed by atoms with Crippen LogP contribution in [0.25, 0.3) is 11.6 Å². The molecule has 1 heterocycles. The maximum Gasteiger partial charge on any atom is 0.139 e. The summed E-state index contributed by atoms with van der Waals surface area (Å²) in [6, 6.07) is 19.0. The molecule has 2 aromatic carbocycles. The highest BCUT2D eigenvalue weighted by atomic mass is 15.0. The second-order valence-corrected chi connectivity index (χ2v) is 5.43. The van der Waals surface area contributed by atoms with E-state index in [0.29, 0.717) is 0 Å². The highest BCUT2D eigenvalue weighted by Gasteiger charge is 2.27. The van der Waals surface area contributed by atoms with Gasteiger partial charge >= 0.3 is 0 Å². The van der Waals surface area contributed by atoms with E-state index < -0.39 is 0 Å². The maximum atomic E-state index is 4.39. The molecule has 106 valence electrons. The van der Waals surface area contributed by atoms with E-state index >= 15 is 0 Å². The minimum atomic E-state index is 0.167. The Kier molecular flexibility index (Phi) is 3.24. The van der Waals surface area contributed by atoms with Crippen LogP contribution in [0.5, 0.6) is 0 Å². The van der Waals surface area contributed by atoms with Crippen LogP contribution in [0.4, 0.5) is 0 Å². The number of aromatic nitrogens is 3. The van der Waals surface area contributed by atoms with Gasteiger partial charge in [0.15, 0.2) is 0 Å². The lowest BCUT2D eigenvalue weighted by atomic mass is 9.78. The zero-order chi connectivity index (χ0) is 14.8. The molecule has 1 unspecified atom stereocenters. The topological polar surface area (TPSA) is 38.7 Å². The summed E-state index contributed by atoms with van der Waals surface area (Å²) < 4.78 is 0. The molecule has 0 radical (unpaired) electrons. The second-order valence-electron chi connectivity index (χ2n) is 5.43.